The van der Waals surface area contributed by atoms with E-state index >= 15 is 0 Å². The minimum absolute atomic E-state index is 0.177. The van der Waals surface area contributed by atoms with Crippen LogP contribution in [0.15, 0.2) is 79.1 Å². The molecule has 2 aromatic heterocycles. The number of imide groups is 1. The average Bonchev–Trinajstić information content (AvgIpc) is 3.15. The first-order valence-corrected chi connectivity index (χ1v) is 18.1. The van der Waals surface area contributed by atoms with Gasteiger partial charge in [-0.2, -0.15) is 0 Å². The number of carbonyl (C=O) groups excluding carboxylic acids is 2. The molecule has 12 nitrogen and oxygen atoms in total. The lowest BCUT2D eigenvalue weighted by atomic mass is 9.90. The lowest BCUT2D eigenvalue weighted by Gasteiger charge is -2.49. The molecule has 0 saturated carbocycles. The van der Waals surface area contributed by atoms with Crippen LogP contribution >= 0.6 is 0 Å². The third-order valence-electron chi connectivity index (χ3n) is 10.9. The van der Waals surface area contributed by atoms with Crippen molar-refractivity contribution in [2.24, 2.45) is 0 Å². The number of nitrogens with one attached hydrogen (secondary N) is 3. The summed E-state index contributed by atoms with van der Waals surface area (Å²) in [6.45, 7) is 9.55. The van der Waals surface area contributed by atoms with Crippen molar-refractivity contribution in [3.63, 3.8) is 0 Å². The number of aromatic nitrogens is 3. The lowest BCUT2D eigenvalue weighted by molar-refractivity contribution is -0.134. The second kappa shape index (κ2) is 13.4. The summed E-state index contributed by atoms with van der Waals surface area (Å²) in [6.07, 6.45) is 4.71. The molecule has 52 heavy (non-hydrogen) atoms. The van der Waals surface area contributed by atoms with Crippen LogP contribution in [0.25, 0.3) is 22.0 Å². The van der Waals surface area contributed by atoms with Crippen molar-refractivity contribution in [2.45, 2.75) is 31.7 Å². The van der Waals surface area contributed by atoms with E-state index in [4.69, 9.17) is 9.72 Å². The second-order valence-corrected chi connectivity index (χ2v) is 14.1. The summed E-state index contributed by atoms with van der Waals surface area (Å²) in [6, 6.07) is 23.6. The van der Waals surface area contributed by atoms with E-state index in [-0.39, 0.29) is 17.7 Å². The van der Waals surface area contributed by atoms with Gasteiger partial charge < -0.3 is 25.2 Å². The molecule has 264 valence electrons. The van der Waals surface area contributed by atoms with Crippen LogP contribution in [0.3, 0.4) is 0 Å². The van der Waals surface area contributed by atoms with E-state index in [9.17, 15) is 9.59 Å². The number of rotatable bonds is 7. The highest BCUT2D eigenvalue weighted by Gasteiger charge is 2.34. The largest absolute Gasteiger partial charge is 0.474 e. The molecule has 3 fully saturated rings. The first-order valence-electron chi connectivity index (χ1n) is 18.1. The normalized spacial score (nSPS) is 19.4. The molecule has 0 bridgehead atoms. The molecule has 2 amide bonds. The Hall–Kier alpha value is -5.75. The summed E-state index contributed by atoms with van der Waals surface area (Å²) in [5.41, 5.74) is 9.36. The van der Waals surface area contributed by atoms with Gasteiger partial charge >= 0.3 is 0 Å². The molecule has 0 spiro atoms. The summed E-state index contributed by atoms with van der Waals surface area (Å²) in [5.74, 6) is 0.613. The van der Waals surface area contributed by atoms with Crippen molar-refractivity contribution in [3.05, 3.63) is 90.3 Å². The van der Waals surface area contributed by atoms with Crippen LogP contribution in [0.4, 0.5) is 28.7 Å². The number of piperidine rings is 1. The lowest BCUT2D eigenvalue weighted by Crippen LogP contribution is -2.63. The average molecular weight is 696 g/mol. The van der Waals surface area contributed by atoms with Crippen LogP contribution < -0.4 is 30.5 Å². The highest BCUT2D eigenvalue weighted by atomic mass is 16.5. The molecule has 9 rings (SSSR count). The number of benzene rings is 3. The maximum Gasteiger partial charge on any atom is 0.237 e. The van der Waals surface area contributed by atoms with Crippen LogP contribution in [0.2, 0.25) is 0 Å². The van der Waals surface area contributed by atoms with E-state index < -0.39 is 0 Å². The van der Waals surface area contributed by atoms with Gasteiger partial charge in [0, 0.05) is 98.7 Å². The highest BCUT2D eigenvalue weighted by molar-refractivity contribution is 6.01. The topological polar surface area (TPSA) is 128 Å². The summed E-state index contributed by atoms with van der Waals surface area (Å²) >= 11 is 0. The number of ether oxygens (including phenoxy) is 1. The molecular weight excluding hydrogens is 654 g/mol. The number of fused-ring (bicyclic) bond motifs is 2. The van der Waals surface area contributed by atoms with E-state index in [0.29, 0.717) is 37.3 Å². The van der Waals surface area contributed by atoms with E-state index in [2.05, 4.69) is 102 Å². The van der Waals surface area contributed by atoms with Crippen LogP contribution in [0.5, 0.6) is 5.88 Å². The Morgan fingerprint density at radius 1 is 0.865 bits per heavy atom. The third kappa shape index (κ3) is 6.23. The van der Waals surface area contributed by atoms with Gasteiger partial charge in [-0.3, -0.25) is 19.8 Å². The number of anilines is 5. The van der Waals surface area contributed by atoms with Gasteiger partial charge in [0.2, 0.25) is 23.6 Å². The number of carbonyl (C=O) groups is 2. The van der Waals surface area contributed by atoms with Crippen molar-refractivity contribution in [1.29, 1.82) is 0 Å². The van der Waals surface area contributed by atoms with Gasteiger partial charge in [0.1, 0.15) is 12.3 Å². The third-order valence-corrected chi connectivity index (χ3v) is 10.9. The fourth-order valence-corrected chi connectivity index (χ4v) is 7.82. The van der Waals surface area contributed by atoms with Crippen LogP contribution in [0.1, 0.15) is 29.9 Å². The number of piperazine rings is 1. The van der Waals surface area contributed by atoms with Gasteiger partial charge in [0.05, 0.1) is 11.4 Å². The number of pyridine rings is 1. The first-order chi connectivity index (χ1) is 25.4. The smallest absolute Gasteiger partial charge is 0.237 e. The minimum atomic E-state index is -0.240. The summed E-state index contributed by atoms with van der Waals surface area (Å²) < 4.78 is 5.71. The molecule has 5 aromatic rings. The first kappa shape index (κ1) is 32.2. The molecule has 0 radical (unpaired) electrons. The number of hydrogen-bond acceptors (Lipinski definition) is 11. The minimum Gasteiger partial charge on any atom is -0.474 e. The predicted molar refractivity (Wildman–Crippen MR) is 203 cm³/mol. The molecule has 3 saturated heterocycles. The summed E-state index contributed by atoms with van der Waals surface area (Å²) in [4.78, 5) is 45.2. The van der Waals surface area contributed by atoms with Gasteiger partial charge in [-0.05, 0) is 72.5 Å². The standard InChI is InChI=1S/C40H41N9O3/c1-25-34(22-42-39-37(25)41-14-19-52-39)27-2-3-28-21-43-40(45-35(28)20-27)44-29-6-10-30(11-7-29)47-15-17-48(18-16-47)32-23-49(24-32)31-8-4-26(5-9-31)33-12-13-36(50)46-38(33)51/h2-11,20-22,32-33,41H,12-19,23-24H2,1H3,(H,43,44,45)(H,46,50,51). The molecule has 3 N–H and O–H groups in total. The SMILES string of the molecule is Cc1c(-c2ccc3cnc(Nc4ccc(N5CCN(C6CN(c7ccc(C8CCC(=O)NC8=O)cc7)C6)CC5)cc4)nc3c2)cnc2c1NCCO2. The molecule has 1 atom stereocenters. The summed E-state index contributed by atoms with van der Waals surface area (Å²) in [7, 11) is 0. The second-order valence-electron chi connectivity index (χ2n) is 14.1. The Labute approximate surface area is 302 Å². The zero-order valence-electron chi connectivity index (χ0n) is 29.1. The van der Waals surface area contributed by atoms with Crippen molar-refractivity contribution < 1.29 is 14.3 Å². The maximum atomic E-state index is 12.3. The quantitative estimate of drug-likeness (QED) is 0.197. The van der Waals surface area contributed by atoms with Gasteiger partial charge in [-0.15, -0.1) is 0 Å². The molecule has 4 aliphatic rings. The molecular formula is C40H41N9O3. The van der Waals surface area contributed by atoms with E-state index in [0.717, 1.165) is 90.3 Å². The van der Waals surface area contributed by atoms with Crippen molar-refractivity contribution in [1.82, 2.24) is 25.2 Å². The number of nitrogens with zero attached hydrogens (tertiary/aromatic N) is 6. The Bertz CT molecular complexity index is 2140. The van der Waals surface area contributed by atoms with Gasteiger partial charge in [-0.25, -0.2) is 15.0 Å². The van der Waals surface area contributed by atoms with Crippen LogP contribution in [0, 0.1) is 6.92 Å². The fourth-order valence-electron chi connectivity index (χ4n) is 7.82. The zero-order valence-corrected chi connectivity index (χ0v) is 29.1. The number of hydrogen-bond donors (Lipinski definition) is 3. The zero-order chi connectivity index (χ0) is 35.2. The molecule has 6 heterocycles. The van der Waals surface area contributed by atoms with Crippen LogP contribution in [-0.2, 0) is 9.59 Å². The van der Waals surface area contributed by atoms with Gasteiger partial charge in [-0.1, -0.05) is 24.3 Å². The predicted octanol–water partition coefficient (Wildman–Crippen LogP) is 5.08. The fraction of sp³-hybridized carbons (Fsp3) is 0.325. The Morgan fingerprint density at radius 2 is 1.63 bits per heavy atom. The molecule has 1 unspecified atom stereocenters. The Kier molecular flexibility index (Phi) is 8.31. The van der Waals surface area contributed by atoms with Crippen LogP contribution in [-0.4, -0.2) is 90.1 Å². The van der Waals surface area contributed by atoms with E-state index in [1.807, 2.05) is 24.5 Å². The van der Waals surface area contributed by atoms with Gasteiger partial charge in [0.15, 0.2) is 0 Å². The molecule has 4 aliphatic heterocycles. The van der Waals surface area contributed by atoms with Gasteiger partial charge in [0.25, 0.3) is 0 Å². The van der Waals surface area contributed by atoms with E-state index in [1.165, 1.54) is 11.4 Å². The number of amides is 2. The molecule has 0 aliphatic carbocycles. The monoisotopic (exact) mass is 695 g/mol. The molecule has 12 heteroatoms. The van der Waals surface area contributed by atoms with Crippen molar-refractivity contribution >= 4 is 51.4 Å². The van der Waals surface area contributed by atoms with Crippen molar-refractivity contribution in [3.8, 4) is 17.0 Å². The van der Waals surface area contributed by atoms with E-state index in [1.54, 1.807) is 0 Å². The summed E-state index contributed by atoms with van der Waals surface area (Å²) in [5, 5.41) is 10.3. The highest BCUT2D eigenvalue weighted by Crippen LogP contribution is 2.36. The Morgan fingerprint density at radius 3 is 2.42 bits per heavy atom. The van der Waals surface area contributed by atoms with Crippen molar-refractivity contribution in [2.75, 3.05) is 72.9 Å². The maximum absolute atomic E-state index is 12.3. The molecule has 3 aromatic carbocycles. The Balaban J connectivity index is 0.781.